The van der Waals surface area contributed by atoms with Crippen molar-refractivity contribution >= 4 is 5.91 Å². The number of hydrogen-bond donors (Lipinski definition) is 1. The number of piperidine rings is 1. The Labute approximate surface area is 122 Å². The fourth-order valence-corrected chi connectivity index (χ4v) is 2.82. The molecule has 0 aliphatic carbocycles. The van der Waals surface area contributed by atoms with E-state index in [-0.39, 0.29) is 5.91 Å². The van der Waals surface area contributed by atoms with Gasteiger partial charge in [0, 0.05) is 20.0 Å². The van der Waals surface area contributed by atoms with Gasteiger partial charge in [0.25, 0.3) is 0 Å². The number of hydrogen-bond acceptors (Lipinski definition) is 2. The Morgan fingerprint density at radius 3 is 2.70 bits per heavy atom. The van der Waals surface area contributed by atoms with Crippen LogP contribution in [-0.2, 0) is 11.3 Å². The van der Waals surface area contributed by atoms with E-state index in [1.807, 2.05) is 24.1 Å². The molecule has 1 amide bonds. The molecule has 3 heteroatoms. The molecule has 0 aromatic heterocycles. The predicted octanol–water partition coefficient (Wildman–Crippen LogP) is 2.73. The average Bonchev–Trinajstić information content (AvgIpc) is 2.48. The SMILES string of the molecule is Cc1ccccc1CN(C)C(=O)CCC1CCNCC1. The van der Waals surface area contributed by atoms with Gasteiger partial charge in [0.2, 0.25) is 5.91 Å². The van der Waals surface area contributed by atoms with E-state index in [1.165, 1.54) is 24.0 Å². The minimum absolute atomic E-state index is 0.270. The summed E-state index contributed by atoms with van der Waals surface area (Å²) < 4.78 is 0. The van der Waals surface area contributed by atoms with Crippen molar-refractivity contribution in [2.24, 2.45) is 5.92 Å². The zero-order valence-corrected chi connectivity index (χ0v) is 12.7. The molecule has 110 valence electrons. The highest BCUT2D eigenvalue weighted by molar-refractivity contribution is 5.75. The first-order chi connectivity index (χ1) is 9.66. The molecule has 0 bridgehead atoms. The second-order valence-corrected chi connectivity index (χ2v) is 5.91. The molecule has 1 aromatic carbocycles. The molecule has 0 spiro atoms. The smallest absolute Gasteiger partial charge is 0.222 e. The minimum Gasteiger partial charge on any atom is -0.341 e. The lowest BCUT2D eigenvalue weighted by molar-refractivity contribution is -0.130. The van der Waals surface area contributed by atoms with Crippen LogP contribution in [0, 0.1) is 12.8 Å². The van der Waals surface area contributed by atoms with Crippen LogP contribution in [0.2, 0.25) is 0 Å². The number of carbonyl (C=O) groups is 1. The summed E-state index contributed by atoms with van der Waals surface area (Å²) in [6, 6.07) is 8.28. The molecule has 2 rings (SSSR count). The highest BCUT2D eigenvalue weighted by Crippen LogP contribution is 2.18. The average molecular weight is 274 g/mol. The van der Waals surface area contributed by atoms with Gasteiger partial charge in [-0.1, -0.05) is 24.3 Å². The summed E-state index contributed by atoms with van der Waals surface area (Å²) in [5, 5.41) is 3.37. The van der Waals surface area contributed by atoms with Crippen molar-refractivity contribution in [1.82, 2.24) is 10.2 Å². The van der Waals surface area contributed by atoms with Gasteiger partial charge in [-0.05, 0) is 56.3 Å². The highest BCUT2D eigenvalue weighted by atomic mass is 16.2. The molecule has 0 radical (unpaired) electrons. The maximum absolute atomic E-state index is 12.2. The molecule has 1 heterocycles. The molecule has 20 heavy (non-hydrogen) atoms. The maximum atomic E-state index is 12.2. The van der Waals surface area contributed by atoms with Crippen molar-refractivity contribution in [1.29, 1.82) is 0 Å². The van der Waals surface area contributed by atoms with Crippen LogP contribution >= 0.6 is 0 Å². The number of nitrogens with zero attached hydrogens (tertiary/aromatic N) is 1. The fourth-order valence-electron chi connectivity index (χ4n) is 2.82. The Kier molecular flexibility index (Phi) is 5.60. The van der Waals surface area contributed by atoms with E-state index in [0.717, 1.165) is 32.0 Å². The molecule has 1 aliphatic rings. The van der Waals surface area contributed by atoms with E-state index in [9.17, 15) is 4.79 Å². The number of amides is 1. The van der Waals surface area contributed by atoms with Gasteiger partial charge in [0.15, 0.2) is 0 Å². The summed E-state index contributed by atoms with van der Waals surface area (Å²) in [6.45, 7) is 5.04. The van der Waals surface area contributed by atoms with Gasteiger partial charge in [-0.25, -0.2) is 0 Å². The highest BCUT2D eigenvalue weighted by Gasteiger charge is 2.16. The number of carbonyl (C=O) groups excluding carboxylic acids is 1. The fraction of sp³-hybridized carbons (Fsp3) is 0.588. The van der Waals surface area contributed by atoms with Crippen molar-refractivity contribution in [3.8, 4) is 0 Å². The van der Waals surface area contributed by atoms with Gasteiger partial charge < -0.3 is 10.2 Å². The second kappa shape index (κ2) is 7.44. The summed E-state index contributed by atoms with van der Waals surface area (Å²) in [6.07, 6.45) is 4.16. The summed E-state index contributed by atoms with van der Waals surface area (Å²) >= 11 is 0. The third-order valence-electron chi connectivity index (χ3n) is 4.32. The molecular formula is C17H26N2O. The molecule has 0 saturated carbocycles. The molecule has 3 nitrogen and oxygen atoms in total. The van der Waals surface area contributed by atoms with Gasteiger partial charge in [-0.15, -0.1) is 0 Å². The van der Waals surface area contributed by atoms with Crippen molar-refractivity contribution in [2.75, 3.05) is 20.1 Å². The predicted molar refractivity (Wildman–Crippen MR) is 82.5 cm³/mol. The van der Waals surface area contributed by atoms with Crippen LogP contribution in [0.5, 0.6) is 0 Å². The minimum atomic E-state index is 0.270. The van der Waals surface area contributed by atoms with Crippen molar-refractivity contribution < 1.29 is 4.79 Å². The van der Waals surface area contributed by atoms with Gasteiger partial charge in [0.05, 0.1) is 0 Å². The van der Waals surface area contributed by atoms with Gasteiger partial charge in [0.1, 0.15) is 0 Å². The van der Waals surface area contributed by atoms with Crippen molar-refractivity contribution in [3.05, 3.63) is 35.4 Å². The van der Waals surface area contributed by atoms with Crippen LogP contribution in [0.3, 0.4) is 0 Å². The first-order valence-corrected chi connectivity index (χ1v) is 7.66. The maximum Gasteiger partial charge on any atom is 0.222 e. The Hall–Kier alpha value is -1.35. The molecule has 1 N–H and O–H groups in total. The van der Waals surface area contributed by atoms with E-state index < -0.39 is 0 Å². The van der Waals surface area contributed by atoms with E-state index in [4.69, 9.17) is 0 Å². The number of aryl methyl sites for hydroxylation is 1. The Morgan fingerprint density at radius 1 is 1.30 bits per heavy atom. The van der Waals surface area contributed by atoms with Crippen LogP contribution in [-0.4, -0.2) is 30.9 Å². The first kappa shape index (κ1) is 15.0. The van der Waals surface area contributed by atoms with Crippen LogP contribution in [0.4, 0.5) is 0 Å². The molecule has 0 atom stereocenters. The Morgan fingerprint density at radius 2 is 2.00 bits per heavy atom. The second-order valence-electron chi connectivity index (χ2n) is 5.91. The van der Waals surface area contributed by atoms with E-state index >= 15 is 0 Å². The lowest BCUT2D eigenvalue weighted by Gasteiger charge is -2.24. The third-order valence-corrected chi connectivity index (χ3v) is 4.32. The standard InChI is InChI=1S/C17H26N2O/c1-14-5-3-4-6-16(14)13-19(2)17(20)8-7-15-9-11-18-12-10-15/h3-6,15,18H,7-13H2,1-2H3. The molecule has 1 fully saturated rings. The van der Waals surface area contributed by atoms with Crippen LogP contribution in [0.25, 0.3) is 0 Å². The summed E-state index contributed by atoms with van der Waals surface area (Å²) in [7, 11) is 1.91. The van der Waals surface area contributed by atoms with E-state index in [2.05, 4.69) is 24.4 Å². The number of nitrogens with one attached hydrogen (secondary N) is 1. The van der Waals surface area contributed by atoms with Crippen LogP contribution in [0.1, 0.15) is 36.8 Å². The normalized spacial score (nSPS) is 16.1. The summed E-state index contributed by atoms with van der Waals surface area (Å²) in [5.41, 5.74) is 2.50. The number of rotatable bonds is 5. The van der Waals surface area contributed by atoms with Crippen LogP contribution < -0.4 is 5.32 Å². The molecule has 1 aliphatic heterocycles. The zero-order chi connectivity index (χ0) is 14.4. The Bertz CT molecular complexity index is 438. The Balaban J connectivity index is 1.78. The quantitative estimate of drug-likeness (QED) is 0.895. The van der Waals surface area contributed by atoms with Crippen molar-refractivity contribution in [2.45, 2.75) is 39.2 Å². The van der Waals surface area contributed by atoms with Crippen LogP contribution in [0.15, 0.2) is 24.3 Å². The largest absolute Gasteiger partial charge is 0.341 e. The lowest BCUT2D eigenvalue weighted by atomic mass is 9.93. The summed E-state index contributed by atoms with van der Waals surface area (Å²) in [5.74, 6) is 0.999. The topological polar surface area (TPSA) is 32.3 Å². The van der Waals surface area contributed by atoms with Gasteiger partial charge in [-0.3, -0.25) is 4.79 Å². The summed E-state index contributed by atoms with van der Waals surface area (Å²) in [4.78, 5) is 14.1. The van der Waals surface area contributed by atoms with Gasteiger partial charge in [-0.2, -0.15) is 0 Å². The molecule has 1 aromatic rings. The first-order valence-electron chi connectivity index (χ1n) is 7.66. The zero-order valence-electron chi connectivity index (χ0n) is 12.7. The van der Waals surface area contributed by atoms with E-state index in [1.54, 1.807) is 0 Å². The third kappa shape index (κ3) is 4.34. The van der Waals surface area contributed by atoms with E-state index in [0.29, 0.717) is 6.42 Å². The monoisotopic (exact) mass is 274 g/mol. The van der Waals surface area contributed by atoms with Gasteiger partial charge >= 0.3 is 0 Å². The molecule has 1 saturated heterocycles. The van der Waals surface area contributed by atoms with Crippen molar-refractivity contribution in [3.63, 3.8) is 0 Å². The molecule has 0 unspecified atom stereocenters. The number of benzene rings is 1. The lowest BCUT2D eigenvalue weighted by Crippen LogP contribution is -2.30. The molecular weight excluding hydrogens is 248 g/mol.